The van der Waals surface area contributed by atoms with Gasteiger partial charge in [0.2, 0.25) is 5.91 Å². The molecule has 1 amide bonds. The van der Waals surface area contributed by atoms with Crippen molar-refractivity contribution in [3.05, 3.63) is 0 Å². The van der Waals surface area contributed by atoms with Gasteiger partial charge in [0, 0.05) is 13.1 Å². The van der Waals surface area contributed by atoms with E-state index in [0.717, 1.165) is 25.9 Å². The molecule has 0 aromatic heterocycles. The second-order valence-corrected chi connectivity index (χ2v) is 2.69. The van der Waals surface area contributed by atoms with Crippen molar-refractivity contribution in [3.8, 4) is 0 Å². The first-order valence-corrected chi connectivity index (χ1v) is 3.80. The van der Waals surface area contributed by atoms with Gasteiger partial charge < -0.3 is 10.6 Å². The van der Waals surface area contributed by atoms with Crippen molar-refractivity contribution in [1.29, 1.82) is 0 Å². The standard InChI is InChI=1S/C7H14N2O/c1-2-6(8)7(10)9-4-3-5-9/h6H,2-5,8H2,1H3/t6-/m1/s1. The van der Waals surface area contributed by atoms with Gasteiger partial charge in [-0.25, -0.2) is 0 Å². The molecular formula is C7H14N2O. The summed E-state index contributed by atoms with van der Waals surface area (Å²) in [5.41, 5.74) is 5.54. The number of likely N-dealkylation sites (tertiary alicyclic amines) is 1. The van der Waals surface area contributed by atoms with E-state index >= 15 is 0 Å². The van der Waals surface area contributed by atoms with Crippen molar-refractivity contribution < 1.29 is 4.79 Å². The Hall–Kier alpha value is -0.570. The molecule has 2 N–H and O–H groups in total. The van der Waals surface area contributed by atoms with Crippen molar-refractivity contribution in [3.63, 3.8) is 0 Å². The number of carbonyl (C=O) groups is 1. The summed E-state index contributed by atoms with van der Waals surface area (Å²) in [6.07, 6.45) is 1.89. The monoisotopic (exact) mass is 142 g/mol. The first-order valence-electron chi connectivity index (χ1n) is 3.80. The minimum atomic E-state index is -0.264. The van der Waals surface area contributed by atoms with E-state index in [1.165, 1.54) is 0 Å². The molecule has 1 fully saturated rings. The molecule has 0 aliphatic carbocycles. The summed E-state index contributed by atoms with van der Waals surface area (Å²) in [6.45, 7) is 3.75. The third-order valence-corrected chi connectivity index (χ3v) is 1.92. The van der Waals surface area contributed by atoms with Gasteiger partial charge in [0.15, 0.2) is 0 Å². The molecule has 0 unspecified atom stereocenters. The lowest BCUT2D eigenvalue weighted by atomic mass is 10.1. The average molecular weight is 142 g/mol. The molecule has 1 saturated heterocycles. The maximum absolute atomic E-state index is 11.2. The molecule has 0 spiro atoms. The van der Waals surface area contributed by atoms with Crippen LogP contribution in [0.15, 0.2) is 0 Å². The largest absolute Gasteiger partial charge is 0.341 e. The van der Waals surface area contributed by atoms with Crippen LogP contribution in [0, 0.1) is 0 Å². The number of hydrogen-bond donors (Lipinski definition) is 1. The van der Waals surface area contributed by atoms with Crippen molar-refractivity contribution in [2.45, 2.75) is 25.8 Å². The van der Waals surface area contributed by atoms with Crippen LogP contribution in [0.4, 0.5) is 0 Å². The lowest BCUT2D eigenvalue weighted by molar-refractivity contribution is -0.136. The molecule has 3 nitrogen and oxygen atoms in total. The Morgan fingerprint density at radius 1 is 1.70 bits per heavy atom. The third kappa shape index (κ3) is 1.29. The quantitative estimate of drug-likeness (QED) is 0.588. The van der Waals surface area contributed by atoms with Crippen LogP contribution in [-0.2, 0) is 4.79 Å². The van der Waals surface area contributed by atoms with E-state index in [2.05, 4.69) is 0 Å². The molecule has 1 aliphatic heterocycles. The molecule has 0 radical (unpaired) electrons. The predicted molar refractivity (Wildman–Crippen MR) is 39.5 cm³/mol. The molecule has 1 atom stereocenters. The summed E-state index contributed by atoms with van der Waals surface area (Å²) >= 11 is 0. The van der Waals surface area contributed by atoms with E-state index in [-0.39, 0.29) is 11.9 Å². The lowest BCUT2D eigenvalue weighted by Crippen LogP contribution is -2.49. The van der Waals surface area contributed by atoms with Gasteiger partial charge in [-0.2, -0.15) is 0 Å². The van der Waals surface area contributed by atoms with Crippen molar-refractivity contribution >= 4 is 5.91 Å². The Morgan fingerprint density at radius 3 is 2.60 bits per heavy atom. The Labute approximate surface area is 61.2 Å². The number of nitrogens with two attached hydrogens (primary N) is 1. The Balaban J connectivity index is 2.32. The lowest BCUT2D eigenvalue weighted by Gasteiger charge is -2.32. The zero-order valence-corrected chi connectivity index (χ0v) is 6.34. The molecular weight excluding hydrogens is 128 g/mol. The van der Waals surface area contributed by atoms with Crippen LogP contribution in [0.3, 0.4) is 0 Å². The Morgan fingerprint density at radius 2 is 2.30 bits per heavy atom. The van der Waals surface area contributed by atoms with Crippen LogP contribution in [-0.4, -0.2) is 29.9 Å². The molecule has 0 bridgehead atoms. The minimum absolute atomic E-state index is 0.119. The van der Waals surface area contributed by atoms with E-state index < -0.39 is 0 Å². The van der Waals surface area contributed by atoms with Crippen molar-refractivity contribution in [2.24, 2.45) is 5.73 Å². The first kappa shape index (κ1) is 7.54. The summed E-state index contributed by atoms with van der Waals surface area (Å²) in [5, 5.41) is 0. The van der Waals surface area contributed by atoms with E-state index in [1.807, 2.05) is 11.8 Å². The van der Waals surface area contributed by atoms with E-state index in [9.17, 15) is 4.79 Å². The van der Waals surface area contributed by atoms with Crippen molar-refractivity contribution in [1.82, 2.24) is 4.90 Å². The van der Waals surface area contributed by atoms with Crippen LogP contribution >= 0.6 is 0 Å². The van der Waals surface area contributed by atoms with Crippen LogP contribution in [0.25, 0.3) is 0 Å². The molecule has 0 aromatic carbocycles. The van der Waals surface area contributed by atoms with Gasteiger partial charge in [0.25, 0.3) is 0 Å². The summed E-state index contributed by atoms with van der Waals surface area (Å²) < 4.78 is 0. The molecule has 58 valence electrons. The third-order valence-electron chi connectivity index (χ3n) is 1.92. The fourth-order valence-corrected chi connectivity index (χ4v) is 0.946. The second-order valence-electron chi connectivity index (χ2n) is 2.69. The van der Waals surface area contributed by atoms with Gasteiger partial charge in [0.05, 0.1) is 6.04 Å². The number of carbonyl (C=O) groups excluding carboxylic acids is 1. The van der Waals surface area contributed by atoms with Crippen LogP contribution < -0.4 is 5.73 Å². The number of rotatable bonds is 2. The summed E-state index contributed by atoms with van der Waals surface area (Å²) in [4.78, 5) is 13.0. The smallest absolute Gasteiger partial charge is 0.239 e. The molecule has 1 aliphatic rings. The maximum Gasteiger partial charge on any atom is 0.239 e. The zero-order chi connectivity index (χ0) is 7.56. The van der Waals surface area contributed by atoms with E-state index in [4.69, 9.17) is 5.73 Å². The molecule has 0 saturated carbocycles. The second kappa shape index (κ2) is 3.01. The highest BCUT2D eigenvalue weighted by Gasteiger charge is 2.23. The van der Waals surface area contributed by atoms with Gasteiger partial charge in [-0.05, 0) is 12.8 Å². The predicted octanol–water partition coefficient (Wildman–Crippen LogP) is -0.0440. The fourth-order valence-electron chi connectivity index (χ4n) is 0.946. The summed E-state index contributed by atoms with van der Waals surface area (Å²) in [5.74, 6) is 0.119. The molecule has 1 heterocycles. The topological polar surface area (TPSA) is 46.3 Å². The molecule has 0 aromatic rings. The van der Waals surface area contributed by atoms with Gasteiger partial charge in [-0.15, -0.1) is 0 Å². The number of hydrogen-bond acceptors (Lipinski definition) is 2. The number of nitrogens with zero attached hydrogens (tertiary/aromatic N) is 1. The van der Waals surface area contributed by atoms with Gasteiger partial charge >= 0.3 is 0 Å². The van der Waals surface area contributed by atoms with Gasteiger partial charge in [-0.3, -0.25) is 4.79 Å². The van der Waals surface area contributed by atoms with Crippen LogP contribution in [0.1, 0.15) is 19.8 Å². The summed E-state index contributed by atoms with van der Waals surface area (Å²) in [6, 6.07) is -0.264. The van der Waals surface area contributed by atoms with E-state index in [1.54, 1.807) is 0 Å². The Kier molecular flexibility index (Phi) is 2.27. The van der Waals surface area contributed by atoms with Crippen LogP contribution in [0.2, 0.25) is 0 Å². The molecule has 1 rings (SSSR count). The van der Waals surface area contributed by atoms with Gasteiger partial charge in [0.1, 0.15) is 0 Å². The highest BCUT2D eigenvalue weighted by Crippen LogP contribution is 2.07. The average Bonchev–Trinajstić information content (AvgIpc) is 1.82. The Bertz CT molecular complexity index is 125. The SMILES string of the molecule is CC[C@@H](N)C(=O)N1CCC1. The maximum atomic E-state index is 11.2. The van der Waals surface area contributed by atoms with E-state index in [0.29, 0.717) is 0 Å². The van der Waals surface area contributed by atoms with Crippen molar-refractivity contribution in [2.75, 3.05) is 13.1 Å². The fraction of sp³-hybridized carbons (Fsp3) is 0.857. The van der Waals surface area contributed by atoms with Crippen LogP contribution in [0.5, 0.6) is 0 Å². The highest BCUT2D eigenvalue weighted by molar-refractivity contribution is 5.82. The molecule has 3 heteroatoms. The summed E-state index contributed by atoms with van der Waals surface area (Å²) in [7, 11) is 0. The zero-order valence-electron chi connectivity index (χ0n) is 6.34. The first-order chi connectivity index (χ1) is 4.75. The normalized spacial score (nSPS) is 20.0. The van der Waals surface area contributed by atoms with Gasteiger partial charge in [-0.1, -0.05) is 6.92 Å². The minimum Gasteiger partial charge on any atom is -0.341 e. The number of amides is 1. The molecule has 10 heavy (non-hydrogen) atoms. The highest BCUT2D eigenvalue weighted by atomic mass is 16.2.